The summed E-state index contributed by atoms with van der Waals surface area (Å²) in [6.07, 6.45) is 1.98. The summed E-state index contributed by atoms with van der Waals surface area (Å²) in [4.78, 5) is 56.9. The maximum Gasteiger partial charge on any atom is 0.270 e. The number of nitro benzene ring substituents is 1. The van der Waals surface area contributed by atoms with Crippen LogP contribution in [-0.4, -0.2) is 34.5 Å². The number of amides is 1. The van der Waals surface area contributed by atoms with Gasteiger partial charge >= 0.3 is 0 Å². The topological polar surface area (TPSA) is 110 Å². The molecule has 8 nitrogen and oxygen atoms in total. The fraction of sp³-hybridized carbons (Fsp3) is 0.147. The highest BCUT2D eigenvalue weighted by Crippen LogP contribution is 2.58. The number of non-ortho nitro benzene ring substituents is 1. The first-order chi connectivity index (χ1) is 20.3. The molecule has 4 aromatic carbocycles. The van der Waals surface area contributed by atoms with E-state index < -0.39 is 34.1 Å². The number of carbonyl (C=O) groups is 3. The van der Waals surface area contributed by atoms with Crippen LogP contribution in [0.15, 0.2) is 109 Å². The number of rotatable bonds is 5. The molecule has 1 fully saturated rings. The molecule has 0 bridgehead atoms. The van der Waals surface area contributed by atoms with E-state index in [9.17, 15) is 24.5 Å². The predicted octanol–water partition coefficient (Wildman–Crippen LogP) is 5.84. The fourth-order valence-corrected chi connectivity index (χ4v) is 7.11. The lowest BCUT2D eigenvalue weighted by atomic mass is 9.64. The zero-order valence-electron chi connectivity index (χ0n) is 22.6. The van der Waals surface area contributed by atoms with Crippen LogP contribution in [0.5, 0.6) is 0 Å². The van der Waals surface area contributed by atoms with Crippen LogP contribution in [0.25, 0.3) is 5.57 Å². The maximum absolute atomic E-state index is 14.8. The number of benzene rings is 4. The lowest BCUT2D eigenvalue weighted by Crippen LogP contribution is -2.51. The number of nitrogens with zero attached hydrogens (tertiary/aromatic N) is 2. The first kappa shape index (κ1) is 25.6. The van der Waals surface area contributed by atoms with Crippen molar-refractivity contribution in [3.8, 4) is 0 Å². The molecule has 4 aromatic rings. The van der Waals surface area contributed by atoms with Crippen molar-refractivity contribution < 1.29 is 19.3 Å². The van der Waals surface area contributed by atoms with Crippen LogP contribution in [0.1, 0.15) is 38.8 Å². The first-order valence-electron chi connectivity index (χ1n) is 13.7. The van der Waals surface area contributed by atoms with Gasteiger partial charge in [0.2, 0.25) is 5.91 Å². The lowest BCUT2D eigenvalue weighted by Gasteiger charge is -2.39. The summed E-state index contributed by atoms with van der Waals surface area (Å²) in [5, 5.41) is 14.7. The summed E-state index contributed by atoms with van der Waals surface area (Å²) in [5.41, 5.74) is 2.55. The van der Waals surface area contributed by atoms with Gasteiger partial charge in [-0.1, -0.05) is 84.9 Å². The largest absolute Gasteiger partial charge is 0.352 e. The van der Waals surface area contributed by atoms with E-state index >= 15 is 0 Å². The predicted molar refractivity (Wildman–Crippen MR) is 159 cm³/mol. The van der Waals surface area contributed by atoms with Gasteiger partial charge in [0.25, 0.3) is 5.69 Å². The van der Waals surface area contributed by atoms with Crippen molar-refractivity contribution in [2.75, 3.05) is 10.2 Å². The van der Waals surface area contributed by atoms with Gasteiger partial charge in [-0.15, -0.1) is 0 Å². The first-order valence-corrected chi connectivity index (χ1v) is 13.7. The highest BCUT2D eigenvalue weighted by atomic mass is 16.6. The minimum atomic E-state index is -1.48. The molecule has 3 aliphatic heterocycles. The van der Waals surface area contributed by atoms with Crippen molar-refractivity contribution >= 4 is 40.1 Å². The van der Waals surface area contributed by atoms with Gasteiger partial charge < -0.3 is 10.2 Å². The number of hydrogen-bond acceptors (Lipinski definition) is 6. The molecule has 0 radical (unpaired) electrons. The molecule has 4 atom stereocenters. The van der Waals surface area contributed by atoms with Crippen LogP contribution in [0.3, 0.4) is 0 Å². The highest BCUT2D eigenvalue weighted by Gasteiger charge is 2.70. The molecule has 0 aromatic heterocycles. The Morgan fingerprint density at radius 3 is 2.33 bits per heavy atom. The van der Waals surface area contributed by atoms with Crippen LogP contribution >= 0.6 is 0 Å². The molecule has 1 N–H and O–H groups in total. The van der Waals surface area contributed by atoms with Gasteiger partial charge in [-0.2, -0.15) is 0 Å². The van der Waals surface area contributed by atoms with Gasteiger partial charge in [0.1, 0.15) is 11.5 Å². The Bertz CT molecular complexity index is 1850. The summed E-state index contributed by atoms with van der Waals surface area (Å²) in [7, 11) is 0. The van der Waals surface area contributed by atoms with Gasteiger partial charge in [0.05, 0.1) is 16.9 Å². The van der Waals surface area contributed by atoms with Gasteiger partial charge in [-0.25, -0.2) is 0 Å². The van der Waals surface area contributed by atoms with E-state index in [2.05, 4.69) is 5.32 Å². The second-order valence-electron chi connectivity index (χ2n) is 10.9. The van der Waals surface area contributed by atoms with Crippen LogP contribution in [0, 0.1) is 16.0 Å². The SMILES string of the molecule is CC1=C[C@@H]2N(c3ccccc31)[C@H](C(=O)c1ccccc1)[C@@H](C(=O)c1cccc([N+](=O)[O-])c1)[C@]21C(=O)Nc2ccccc21. The molecule has 1 saturated heterocycles. The number of carbonyl (C=O) groups excluding carboxylic acids is 3. The second kappa shape index (κ2) is 9.34. The van der Waals surface area contributed by atoms with Crippen molar-refractivity contribution in [3.05, 3.63) is 142 Å². The van der Waals surface area contributed by atoms with Crippen molar-refractivity contribution in [2.24, 2.45) is 5.92 Å². The van der Waals surface area contributed by atoms with Crippen molar-refractivity contribution in [2.45, 2.75) is 24.4 Å². The smallest absolute Gasteiger partial charge is 0.270 e. The third-order valence-electron chi connectivity index (χ3n) is 8.83. The molecule has 0 saturated carbocycles. The normalized spacial score (nSPS) is 23.5. The van der Waals surface area contributed by atoms with E-state index in [1.807, 2.05) is 66.4 Å². The van der Waals surface area contributed by atoms with Crippen LogP contribution in [0.2, 0.25) is 0 Å². The third-order valence-corrected chi connectivity index (χ3v) is 8.83. The molecular formula is C34H25N3O5. The molecule has 3 aliphatic rings. The summed E-state index contributed by atoms with van der Waals surface area (Å²) < 4.78 is 0. The minimum Gasteiger partial charge on any atom is -0.352 e. The number of ketones is 2. The van der Waals surface area contributed by atoms with E-state index in [1.165, 1.54) is 24.3 Å². The number of allylic oxidation sites excluding steroid dienone is 1. The van der Waals surface area contributed by atoms with Crippen LogP contribution in [0.4, 0.5) is 17.1 Å². The number of nitrogens with one attached hydrogen (secondary N) is 1. The molecule has 7 rings (SSSR count). The summed E-state index contributed by atoms with van der Waals surface area (Å²) in [6, 6.07) is 27.4. The maximum atomic E-state index is 14.8. The van der Waals surface area contributed by atoms with Gasteiger partial charge in [0, 0.05) is 40.2 Å². The molecule has 3 heterocycles. The van der Waals surface area contributed by atoms with Crippen molar-refractivity contribution in [1.29, 1.82) is 0 Å². The molecular weight excluding hydrogens is 530 g/mol. The number of fused-ring (bicyclic) bond motifs is 6. The number of hydrogen-bond donors (Lipinski definition) is 1. The Morgan fingerprint density at radius 2 is 1.55 bits per heavy atom. The third kappa shape index (κ3) is 3.44. The Hall–Kier alpha value is -5.37. The van der Waals surface area contributed by atoms with E-state index in [-0.39, 0.29) is 22.9 Å². The Morgan fingerprint density at radius 1 is 0.857 bits per heavy atom. The quantitative estimate of drug-likeness (QED) is 0.188. The molecule has 8 heteroatoms. The summed E-state index contributed by atoms with van der Waals surface area (Å²) in [6.45, 7) is 1.96. The second-order valence-corrected chi connectivity index (χ2v) is 10.9. The molecule has 0 aliphatic carbocycles. The monoisotopic (exact) mass is 555 g/mol. The molecule has 0 unspecified atom stereocenters. The average molecular weight is 556 g/mol. The number of nitro groups is 1. The number of Topliss-reactive ketones (excluding diaryl/α,β-unsaturated/α-hetero) is 2. The van der Waals surface area contributed by atoms with E-state index in [4.69, 9.17) is 0 Å². The molecule has 42 heavy (non-hydrogen) atoms. The zero-order valence-corrected chi connectivity index (χ0v) is 22.6. The molecule has 1 amide bonds. The minimum absolute atomic E-state index is 0.0745. The van der Waals surface area contributed by atoms with Crippen LogP contribution in [-0.2, 0) is 10.2 Å². The molecule has 206 valence electrons. The highest BCUT2D eigenvalue weighted by molar-refractivity contribution is 6.18. The van der Waals surface area contributed by atoms with E-state index in [0.29, 0.717) is 16.8 Å². The Balaban J connectivity index is 1.55. The van der Waals surface area contributed by atoms with Gasteiger partial charge in [-0.05, 0) is 30.2 Å². The number of para-hydroxylation sites is 2. The van der Waals surface area contributed by atoms with Gasteiger partial charge in [0.15, 0.2) is 11.6 Å². The summed E-state index contributed by atoms with van der Waals surface area (Å²) in [5.74, 6) is -2.38. The lowest BCUT2D eigenvalue weighted by molar-refractivity contribution is -0.384. The average Bonchev–Trinajstić information content (AvgIpc) is 3.49. The van der Waals surface area contributed by atoms with Crippen molar-refractivity contribution in [3.63, 3.8) is 0 Å². The number of anilines is 2. The van der Waals surface area contributed by atoms with Gasteiger partial charge in [-0.3, -0.25) is 24.5 Å². The molecule has 1 spiro atoms. The van der Waals surface area contributed by atoms with Crippen LogP contribution < -0.4 is 10.2 Å². The Kier molecular flexibility index (Phi) is 5.69. The van der Waals surface area contributed by atoms with Crippen molar-refractivity contribution in [1.82, 2.24) is 0 Å². The standard InChI is InChI=1S/C34H25N3O5/c1-20-18-28-34(25-15-6-7-16-26(25)35-33(34)40)29(31(38)22-12-9-13-23(19-22)37(41)42)30(32(39)21-10-3-2-4-11-21)36(28)27-17-8-5-14-24(20)27/h2-19,28-30H,1H3,(H,35,40)/t28-,29-,30-,34+/m0/s1. The zero-order chi connectivity index (χ0) is 29.2. The summed E-state index contributed by atoms with van der Waals surface area (Å²) >= 11 is 0. The fourth-order valence-electron chi connectivity index (χ4n) is 7.11. The van der Waals surface area contributed by atoms with E-state index in [1.54, 1.807) is 30.3 Å². The van der Waals surface area contributed by atoms with E-state index in [0.717, 1.165) is 16.8 Å². The Labute approximate surface area is 241 Å².